The number of rotatable bonds is 7. The van der Waals surface area contributed by atoms with Gasteiger partial charge in [0.15, 0.2) is 0 Å². The summed E-state index contributed by atoms with van der Waals surface area (Å²) in [4.78, 5) is 2.42. The highest BCUT2D eigenvalue weighted by atomic mass is 15.1. The van der Waals surface area contributed by atoms with Gasteiger partial charge in [0.05, 0.1) is 16.4 Å². The second-order valence-corrected chi connectivity index (χ2v) is 16.1. The van der Waals surface area contributed by atoms with Gasteiger partial charge >= 0.3 is 0 Å². The Morgan fingerprint density at radius 3 is 1.67 bits per heavy atom. The van der Waals surface area contributed by atoms with Crippen molar-refractivity contribution in [1.29, 1.82) is 0 Å². The molecule has 0 amide bonds. The van der Waals surface area contributed by atoms with Crippen molar-refractivity contribution in [1.82, 2.24) is 4.57 Å². The number of hydrogen-bond donors (Lipinski definition) is 0. The fourth-order valence-corrected chi connectivity index (χ4v) is 10.2. The maximum Gasteiger partial charge on any atom is 0.0714 e. The normalized spacial score (nSPS) is 12.7. The zero-order chi connectivity index (χ0) is 40.3. The smallest absolute Gasteiger partial charge is 0.0714 e. The molecule has 0 N–H and O–H groups in total. The zero-order valence-electron chi connectivity index (χ0n) is 33.5. The monoisotopic (exact) mass is 776 g/mol. The van der Waals surface area contributed by atoms with Crippen molar-refractivity contribution >= 4 is 49.6 Å². The van der Waals surface area contributed by atoms with E-state index in [-0.39, 0.29) is 0 Å². The van der Waals surface area contributed by atoms with Crippen LogP contribution in [0.1, 0.15) is 22.3 Å². The molecule has 0 fully saturated rings. The van der Waals surface area contributed by atoms with Crippen LogP contribution in [0.5, 0.6) is 0 Å². The number of para-hydroxylation sites is 2. The SMILES string of the molecule is c1ccc(-n2c3ccccc3c3ccc(-c4ccc(N(c5cccc(C6(c7ccccc7)c7ccccc7-c7ccccc76)c5)c5ccc6ccccc6c5)cc4)cc32)cc1. The standard InChI is InChI=1S/C59H40N2/c1-3-18-45(19-4-1)59(55-27-12-9-24-51(55)52-25-10-13-28-56(52)59)46-20-15-23-49(40-46)60(50-36-32-41-16-7-8-17-43(41)38-50)48-34-30-42(31-35-48)44-33-37-54-53-26-11-14-29-57(53)61(58(54)39-44)47-21-5-2-6-22-47/h1-40H. The van der Waals surface area contributed by atoms with Crippen LogP contribution >= 0.6 is 0 Å². The van der Waals surface area contributed by atoms with E-state index < -0.39 is 5.41 Å². The molecule has 1 aliphatic rings. The maximum absolute atomic E-state index is 2.42. The predicted molar refractivity (Wildman–Crippen MR) is 256 cm³/mol. The molecule has 0 aliphatic heterocycles. The van der Waals surface area contributed by atoms with Crippen LogP contribution in [0.15, 0.2) is 243 Å². The first kappa shape index (κ1) is 35.0. The molecule has 0 bridgehead atoms. The third kappa shape index (κ3) is 5.50. The van der Waals surface area contributed by atoms with Crippen LogP contribution in [-0.2, 0) is 5.41 Å². The third-order valence-corrected chi connectivity index (χ3v) is 12.8. The van der Waals surface area contributed by atoms with Gasteiger partial charge in [0.25, 0.3) is 0 Å². The highest BCUT2D eigenvalue weighted by Crippen LogP contribution is 2.56. The number of anilines is 3. The number of benzene rings is 10. The van der Waals surface area contributed by atoms with Crippen molar-refractivity contribution < 1.29 is 0 Å². The van der Waals surface area contributed by atoms with E-state index in [0.717, 1.165) is 22.7 Å². The Morgan fingerprint density at radius 2 is 0.902 bits per heavy atom. The number of hydrogen-bond acceptors (Lipinski definition) is 1. The lowest BCUT2D eigenvalue weighted by Crippen LogP contribution is -2.28. The molecule has 0 atom stereocenters. The molecule has 1 heterocycles. The van der Waals surface area contributed by atoms with Crippen LogP contribution in [0.25, 0.3) is 60.5 Å². The lowest BCUT2D eigenvalue weighted by molar-refractivity contribution is 0.768. The first-order chi connectivity index (χ1) is 30.3. The molecule has 0 radical (unpaired) electrons. The van der Waals surface area contributed by atoms with E-state index in [1.54, 1.807) is 0 Å². The van der Waals surface area contributed by atoms with Crippen LogP contribution < -0.4 is 4.90 Å². The minimum absolute atomic E-state index is 0.496. The summed E-state index contributed by atoms with van der Waals surface area (Å²) < 4.78 is 2.39. The summed E-state index contributed by atoms with van der Waals surface area (Å²) in [6.07, 6.45) is 0. The van der Waals surface area contributed by atoms with E-state index >= 15 is 0 Å². The largest absolute Gasteiger partial charge is 0.310 e. The second kappa shape index (κ2) is 14.1. The van der Waals surface area contributed by atoms with Crippen molar-refractivity contribution in [3.63, 3.8) is 0 Å². The third-order valence-electron chi connectivity index (χ3n) is 12.8. The molecule has 1 aliphatic carbocycles. The van der Waals surface area contributed by atoms with Gasteiger partial charge in [-0.05, 0) is 116 Å². The van der Waals surface area contributed by atoms with Crippen molar-refractivity contribution in [3.8, 4) is 27.9 Å². The van der Waals surface area contributed by atoms with Gasteiger partial charge in [-0.25, -0.2) is 0 Å². The van der Waals surface area contributed by atoms with Gasteiger partial charge in [0.1, 0.15) is 0 Å². The Balaban J connectivity index is 1.02. The Bertz CT molecular complexity index is 3370. The molecule has 1 aromatic heterocycles. The molecule has 0 saturated carbocycles. The molecule has 0 unspecified atom stereocenters. The summed E-state index contributed by atoms with van der Waals surface area (Å²) in [7, 11) is 0. The highest BCUT2D eigenvalue weighted by molar-refractivity contribution is 6.10. The average molecular weight is 777 g/mol. The maximum atomic E-state index is 2.42. The molecule has 10 aromatic carbocycles. The first-order valence-electron chi connectivity index (χ1n) is 21.1. The predicted octanol–water partition coefficient (Wildman–Crippen LogP) is 15.4. The van der Waals surface area contributed by atoms with Crippen molar-refractivity contribution in [2.24, 2.45) is 0 Å². The van der Waals surface area contributed by atoms with Gasteiger partial charge in [-0.15, -0.1) is 0 Å². The quantitative estimate of drug-likeness (QED) is 0.156. The van der Waals surface area contributed by atoms with Crippen molar-refractivity contribution in [2.75, 3.05) is 4.90 Å². The molecule has 2 nitrogen and oxygen atoms in total. The Kier molecular flexibility index (Phi) is 8.11. The summed E-state index contributed by atoms with van der Waals surface area (Å²) in [5.41, 5.74) is 16.4. The number of fused-ring (bicyclic) bond motifs is 7. The van der Waals surface area contributed by atoms with Gasteiger partial charge in [0.2, 0.25) is 0 Å². The van der Waals surface area contributed by atoms with Crippen LogP contribution in [0, 0.1) is 0 Å². The fourth-order valence-electron chi connectivity index (χ4n) is 10.2. The van der Waals surface area contributed by atoms with E-state index in [4.69, 9.17) is 0 Å². The molecule has 286 valence electrons. The lowest BCUT2D eigenvalue weighted by Gasteiger charge is -2.35. The van der Waals surface area contributed by atoms with Crippen molar-refractivity contribution in [3.05, 3.63) is 265 Å². The number of aromatic nitrogens is 1. The van der Waals surface area contributed by atoms with Gasteiger partial charge in [-0.3, -0.25) is 0 Å². The molecular formula is C59H40N2. The van der Waals surface area contributed by atoms with E-state index in [9.17, 15) is 0 Å². The van der Waals surface area contributed by atoms with Gasteiger partial charge in [-0.2, -0.15) is 0 Å². The minimum atomic E-state index is -0.496. The summed E-state index contributed by atoms with van der Waals surface area (Å²) in [5.74, 6) is 0. The Hall–Kier alpha value is -7.94. The van der Waals surface area contributed by atoms with Crippen LogP contribution in [0.3, 0.4) is 0 Å². The minimum Gasteiger partial charge on any atom is -0.310 e. The van der Waals surface area contributed by atoms with Gasteiger partial charge in [0, 0.05) is 33.5 Å². The zero-order valence-corrected chi connectivity index (χ0v) is 33.5. The topological polar surface area (TPSA) is 8.17 Å². The van der Waals surface area contributed by atoms with E-state index in [2.05, 4.69) is 252 Å². The van der Waals surface area contributed by atoms with E-state index in [1.165, 1.54) is 77.1 Å². The number of nitrogens with zero attached hydrogens (tertiary/aromatic N) is 2. The van der Waals surface area contributed by atoms with Gasteiger partial charge in [-0.1, -0.05) is 182 Å². The summed E-state index contributed by atoms with van der Waals surface area (Å²) >= 11 is 0. The molecule has 12 rings (SSSR count). The molecule has 0 spiro atoms. The second-order valence-electron chi connectivity index (χ2n) is 16.1. The lowest BCUT2D eigenvalue weighted by atomic mass is 9.67. The van der Waals surface area contributed by atoms with E-state index in [1.807, 2.05) is 0 Å². The van der Waals surface area contributed by atoms with Crippen LogP contribution in [0.2, 0.25) is 0 Å². The van der Waals surface area contributed by atoms with Crippen molar-refractivity contribution in [2.45, 2.75) is 5.41 Å². The summed E-state index contributed by atoms with van der Waals surface area (Å²) in [5, 5.41) is 4.94. The molecule has 11 aromatic rings. The fraction of sp³-hybridized carbons (Fsp3) is 0.0169. The molecule has 0 saturated heterocycles. The molecule has 2 heteroatoms. The van der Waals surface area contributed by atoms with Crippen LogP contribution in [-0.4, -0.2) is 4.57 Å². The summed E-state index contributed by atoms with van der Waals surface area (Å²) in [6.45, 7) is 0. The van der Waals surface area contributed by atoms with Crippen LogP contribution in [0.4, 0.5) is 17.1 Å². The molecular weight excluding hydrogens is 737 g/mol. The van der Waals surface area contributed by atoms with Gasteiger partial charge < -0.3 is 9.47 Å². The average Bonchev–Trinajstić information content (AvgIpc) is 3.83. The molecule has 61 heavy (non-hydrogen) atoms. The van der Waals surface area contributed by atoms with E-state index in [0.29, 0.717) is 0 Å². The Labute approximate surface area is 355 Å². The Morgan fingerprint density at radius 1 is 0.328 bits per heavy atom. The first-order valence-corrected chi connectivity index (χ1v) is 21.1. The highest BCUT2D eigenvalue weighted by Gasteiger charge is 2.46. The summed E-state index contributed by atoms with van der Waals surface area (Å²) in [6, 6.07) is 89.1.